The molecule has 0 fully saturated rings. The largest absolute Gasteiger partial charge is 0.309 e. The molecule has 0 amide bonds. The smallest absolute Gasteiger partial charge is 0.0386 e. The van der Waals surface area contributed by atoms with Gasteiger partial charge in [-0.05, 0) is 30.5 Å². The van der Waals surface area contributed by atoms with Crippen LogP contribution in [0.15, 0.2) is 52.7 Å². The van der Waals surface area contributed by atoms with Gasteiger partial charge >= 0.3 is 0 Å². The SMILES string of the molecule is C[C@@H](NCCSc1ccccc1)c1cccs1. The van der Waals surface area contributed by atoms with Crippen molar-refractivity contribution < 1.29 is 0 Å². The molecule has 90 valence electrons. The summed E-state index contributed by atoms with van der Waals surface area (Å²) in [6.45, 7) is 3.26. The van der Waals surface area contributed by atoms with Gasteiger partial charge in [-0.25, -0.2) is 0 Å². The third-order valence-electron chi connectivity index (χ3n) is 2.53. The highest BCUT2D eigenvalue weighted by Crippen LogP contribution is 2.19. The van der Waals surface area contributed by atoms with Gasteiger partial charge in [-0.15, -0.1) is 23.1 Å². The minimum Gasteiger partial charge on any atom is -0.309 e. The predicted octanol–water partition coefficient (Wildman–Crippen LogP) is 4.19. The second-order valence-corrected chi connectivity index (χ2v) is 6.00. The number of rotatable bonds is 6. The van der Waals surface area contributed by atoms with E-state index < -0.39 is 0 Å². The van der Waals surface area contributed by atoms with Gasteiger partial charge in [0.1, 0.15) is 0 Å². The van der Waals surface area contributed by atoms with Gasteiger partial charge in [0.2, 0.25) is 0 Å². The number of benzene rings is 1. The average Bonchev–Trinajstić information content (AvgIpc) is 2.89. The van der Waals surface area contributed by atoms with Crippen molar-refractivity contribution in [3.63, 3.8) is 0 Å². The van der Waals surface area contributed by atoms with Crippen LogP contribution in [0.3, 0.4) is 0 Å². The van der Waals surface area contributed by atoms with Gasteiger partial charge in [-0.3, -0.25) is 0 Å². The normalized spacial score (nSPS) is 12.5. The zero-order valence-corrected chi connectivity index (χ0v) is 11.6. The van der Waals surface area contributed by atoms with Crippen LogP contribution in [0.25, 0.3) is 0 Å². The molecule has 1 nitrogen and oxygen atoms in total. The maximum Gasteiger partial charge on any atom is 0.0386 e. The van der Waals surface area contributed by atoms with Crippen molar-refractivity contribution in [3.8, 4) is 0 Å². The molecule has 1 atom stereocenters. The van der Waals surface area contributed by atoms with E-state index in [-0.39, 0.29) is 0 Å². The van der Waals surface area contributed by atoms with Gasteiger partial charge in [0.15, 0.2) is 0 Å². The van der Waals surface area contributed by atoms with Gasteiger partial charge in [-0.2, -0.15) is 0 Å². The van der Waals surface area contributed by atoms with Crippen molar-refractivity contribution in [2.24, 2.45) is 0 Å². The van der Waals surface area contributed by atoms with E-state index in [0.717, 1.165) is 12.3 Å². The molecule has 0 aliphatic carbocycles. The Hall–Kier alpha value is -0.770. The number of nitrogens with one attached hydrogen (secondary N) is 1. The Balaban J connectivity index is 1.67. The lowest BCUT2D eigenvalue weighted by molar-refractivity contribution is 0.610. The Morgan fingerprint density at radius 1 is 1.18 bits per heavy atom. The maximum absolute atomic E-state index is 3.54. The van der Waals surface area contributed by atoms with Crippen LogP contribution in [-0.4, -0.2) is 12.3 Å². The van der Waals surface area contributed by atoms with Crippen LogP contribution in [-0.2, 0) is 0 Å². The van der Waals surface area contributed by atoms with Crippen LogP contribution in [0.5, 0.6) is 0 Å². The summed E-state index contributed by atoms with van der Waals surface area (Å²) in [5, 5.41) is 5.68. The van der Waals surface area contributed by atoms with E-state index in [4.69, 9.17) is 0 Å². The summed E-state index contributed by atoms with van der Waals surface area (Å²) in [6.07, 6.45) is 0. The maximum atomic E-state index is 3.54. The van der Waals surface area contributed by atoms with E-state index in [1.807, 2.05) is 23.1 Å². The predicted molar refractivity (Wildman–Crippen MR) is 77.9 cm³/mol. The Bertz CT molecular complexity index is 411. The molecule has 0 unspecified atom stereocenters. The number of thiophene rings is 1. The average molecular weight is 263 g/mol. The second-order valence-electron chi connectivity index (χ2n) is 3.85. The van der Waals surface area contributed by atoms with E-state index >= 15 is 0 Å². The third kappa shape index (κ3) is 4.19. The summed E-state index contributed by atoms with van der Waals surface area (Å²) in [6, 6.07) is 15.3. The number of hydrogen-bond acceptors (Lipinski definition) is 3. The molecule has 1 aromatic carbocycles. The van der Waals surface area contributed by atoms with Crippen molar-refractivity contribution in [3.05, 3.63) is 52.7 Å². The first-order chi connectivity index (χ1) is 8.36. The van der Waals surface area contributed by atoms with Crippen LogP contribution in [0.4, 0.5) is 0 Å². The number of thioether (sulfide) groups is 1. The Morgan fingerprint density at radius 2 is 2.00 bits per heavy atom. The topological polar surface area (TPSA) is 12.0 Å². The minimum absolute atomic E-state index is 0.464. The fourth-order valence-corrected chi connectivity index (χ4v) is 3.16. The fourth-order valence-electron chi connectivity index (χ4n) is 1.60. The minimum atomic E-state index is 0.464. The standard InChI is InChI=1S/C14H17NS2/c1-12(14-8-5-10-17-14)15-9-11-16-13-6-3-2-4-7-13/h2-8,10,12,15H,9,11H2,1H3/t12-/m1/s1. The zero-order chi connectivity index (χ0) is 11.9. The quantitative estimate of drug-likeness (QED) is 0.619. The first-order valence-electron chi connectivity index (χ1n) is 5.81. The monoisotopic (exact) mass is 263 g/mol. The lowest BCUT2D eigenvalue weighted by Crippen LogP contribution is -2.20. The molecule has 1 heterocycles. The summed E-state index contributed by atoms with van der Waals surface area (Å²) < 4.78 is 0. The summed E-state index contributed by atoms with van der Waals surface area (Å²) in [5.41, 5.74) is 0. The van der Waals surface area contributed by atoms with Crippen LogP contribution in [0.2, 0.25) is 0 Å². The zero-order valence-electron chi connectivity index (χ0n) is 9.93. The van der Waals surface area contributed by atoms with Crippen LogP contribution < -0.4 is 5.32 Å². The second kappa shape index (κ2) is 6.84. The third-order valence-corrected chi connectivity index (χ3v) is 4.60. The Morgan fingerprint density at radius 3 is 2.71 bits per heavy atom. The van der Waals surface area contributed by atoms with Crippen molar-refractivity contribution in [2.75, 3.05) is 12.3 Å². The van der Waals surface area contributed by atoms with Crippen LogP contribution >= 0.6 is 23.1 Å². The molecule has 0 spiro atoms. The van der Waals surface area contributed by atoms with Crippen molar-refractivity contribution in [2.45, 2.75) is 17.9 Å². The summed E-state index contributed by atoms with van der Waals surface area (Å²) in [5.74, 6) is 1.11. The molecule has 0 aliphatic heterocycles. The van der Waals surface area contributed by atoms with Gasteiger partial charge in [-0.1, -0.05) is 24.3 Å². The molecule has 0 radical (unpaired) electrons. The summed E-state index contributed by atoms with van der Waals surface area (Å²) in [4.78, 5) is 2.76. The number of hydrogen-bond donors (Lipinski definition) is 1. The molecular formula is C14H17NS2. The van der Waals surface area contributed by atoms with Crippen LogP contribution in [0.1, 0.15) is 17.8 Å². The Labute approximate surface area is 111 Å². The molecule has 17 heavy (non-hydrogen) atoms. The van der Waals surface area contributed by atoms with Gasteiger partial charge < -0.3 is 5.32 Å². The van der Waals surface area contributed by atoms with E-state index in [2.05, 4.69) is 60.1 Å². The van der Waals surface area contributed by atoms with Crippen LogP contribution in [0, 0.1) is 0 Å². The van der Waals surface area contributed by atoms with Crippen molar-refractivity contribution in [1.82, 2.24) is 5.32 Å². The molecule has 2 rings (SSSR count). The first-order valence-corrected chi connectivity index (χ1v) is 7.67. The Kier molecular flexibility index (Phi) is 5.10. The lowest BCUT2D eigenvalue weighted by Gasteiger charge is -2.11. The fraction of sp³-hybridized carbons (Fsp3) is 0.286. The van der Waals surface area contributed by atoms with E-state index in [9.17, 15) is 0 Å². The van der Waals surface area contributed by atoms with Crippen molar-refractivity contribution >= 4 is 23.1 Å². The van der Waals surface area contributed by atoms with Gasteiger partial charge in [0, 0.05) is 28.1 Å². The lowest BCUT2D eigenvalue weighted by atomic mass is 10.3. The molecule has 0 saturated heterocycles. The molecule has 2 aromatic rings. The molecule has 0 aliphatic rings. The molecular weight excluding hydrogens is 246 g/mol. The van der Waals surface area contributed by atoms with Gasteiger partial charge in [0.05, 0.1) is 0 Å². The molecule has 0 saturated carbocycles. The summed E-state index contributed by atoms with van der Waals surface area (Å²) >= 11 is 3.72. The first kappa shape index (κ1) is 12.7. The summed E-state index contributed by atoms with van der Waals surface area (Å²) in [7, 11) is 0. The van der Waals surface area contributed by atoms with E-state index in [1.165, 1.54) is 9.77 Å². The highest BCUT2D eigenvalue weighted by molar-refractivity contribution is 7.99. The van der Waals surface area contributed by atoms with Crippen molar-refractivity contribution in [1.29, 1.82) is 0 Å². The molecule has 1 aromatic heterocycles. The van der Waals surface area contributed by atoms with E-state index in [1.54, 1.807) is 0 Å². The van der Waals surface area contributed by atoms with E-state index in [0.29, 0.717) is 6.04 Å². The highest BCUT2D eigenvalue weighted by atomic mass is 32.2. The molecule has 3 heteroatoms. The van der Waals surface area contributed by atoms with Gasteiger partial charge in [0.25, 0.3) is 0 Å². The molecule has 1 N–H and O–H groups in total. The molecule has 0 bridgehead atoms. The highest BCUT2D eigenvalue weighted by Gasteiger charge is 2.04.